The van der Waals surface area contributed by atoms with Gasteiger partial charge < -0.3 is 19.8 Å². The molecule has 1 aromatic carbocycles. The molecule has 0 spiro atoms. The molecule has 104 valence electrons. The van der Waals surface area contributed by atoms with Crippen LogP contribution in [0.4, 0.5) is 5.69 Å². The summed E-state index contributed by atoms with van der Waals surface area (Å²) in [6.07, 6.45) is 1.45. The first-order valence-corrected chi connectivity index (χ1v) is 6.52. The van der Waals surface area contributed by atoms with E-state index in [4.69, 9.17) is 14.9 Å². The third-order valence-electron chi connectivity index (χ3n) is 3.33. The van der Waals surface area contributed by atoms with E-state index in [1.54, 1.807) is 11.0 Å². The molecule has 1 aromatic heterocycles. The summed E-state index contributed by atoms with van der Waals surface area (Å²) in [4.78, 5) is 14.3. The minimum absolute atomic E-state index is 0.0955. The summed E-state index contributed by atoms with van der Waals surface area (Å²) in [5.41, 5.74) is 7.91. The first-order valence-electron chi connectivity index (χ1n) is 6.52. The fraction of sp³-hybridized carbons (Fsp3) is 0.267. The number of amides is 1. The molecule has 0 saturated heterocycles. The minimum Gasteiger partial charge on any atom is -0.490 e. The highest BCUT2D eigenvalue weighted by molar-refractivity contribution is 6.07. The number of rotatable bonds is 2. The first-order chi connectivity index (χ1) is 9.69. The third-order valence-corrected chi connectivity index (χ3v) is 3.33. The average molecular weight is 272 g/mol. The molecule has 0 bridgehead atoms. The maximum atomic E-state index is 12.5. The van der Waals surface area contributed by atoms with Crippen LogP contribution in [-0.4, -0.2) is 19.1 Å². The highest BCUT2D eigenvalue weighted by atomic mass is 16.5. The zero-order chi connectivity index (χ0) is 14.1. The van der Waals surface area contributed by atoms with E-state index < -0.39 is 0 Å². The van der Waals surface area contributed by atoms with Gasteiger partial charge in [0.1, 0.15) is 24.4 Å². The number of benzene rings is 1. The van der Waals surface area contributed by atoms with Crippen LogP contribution in [0.2, 0.25) is 0 Å². The Balaban J connectivity index is 1.93. The summed E-state index contributed by atoms with van der Waals surface area (Å²) in [7, 11) is 0. The van der Waals surface area contributed by atoms with Crippen LogP contribution in [0.1, 0.15) is 21.7 Å². The van der Waals surface area contributed by atoms with E-state index in [9.17, 15) is 4.79 Å². The highest BCUT2D eigenvalue weighted by Crippen LogP contribution is 2.33. The number of hydrogen-bond donors (Lipinski definition) is 1. The van der Waals surface area contributed by atoms with Crippen molar-refractivity contribution in [1.29, 1.82) is 0 Å². The zero-order valence-electron chi connectivity index (χ0n) is 11.3. The number of fused-ring (bicyclic) bond motifs is 1. The summed E-state index contributed by atoms with van der Waals surface area (Å²) in [5.74, 6) is 1.25. The van der Waals surface area contributed by atoms with E-state index in [0.29, 0.717) is 24.5 Å². The summed E-state index contributed by atoms with van der Waals surface area (Å²) >= 11 is 0. The second-order valence-electron chi connectivity index (χ2n) is 4.78. The number of carbonyl (C=O) groups is 1. The van der Waals surface area contributed by atoms with Gasteiger partial charge in [-0.1, -0.05) is 6.07 Å². The average Bonchev–Trinajstić information content (AvgIpc) is 2.94. The van der Waals surface area contributed by atoms with Gasteiger partial charge in [-0.05, 0) is 30.7 Å². The maximum Gasteiger partial charge on any atom is 0.261 e. The van der Waals surface area contributed by atoms with Crippen molar-refractivity contribution in [1.82, 2.24) is 0 Å². The molecule has 2 heterocycles. The molecule has 1 amide bonds. The summed E-state index contributed by atoms with van der Waals surface area (Å²) in [5, 5.41) is 0. The first kappa shape index (κ1) is 12.7. The molecule has 1 aliphatic rings. The molecule has 2 N–H and O–H groups in total. The van der Waals surface area contributed by atoms with Crippen molar-refractivity contribution in [3.05, 3.63) is 47.4 Å². The second kappa shape index (κ2) is 5.02. The van der Waals surface area contributed by atoms with Gasteiger partial charge in [0, 0.05) is 0 Å². The molecule has 20 heavy (non-hydrogen) atoms. The summed E-state index contributed by atoms with van der Waals surface area (Å²) < 4.78 is 10.8. The lowest BCUT2D eigenvalue weighted by Gasteiger charge is -2.29. The lowest BCUT2D eigenvalue weighted by atomic mass is 10.1. The standard InChI is InChI=1S/C15H16N2O3/c1-10-2-3-13-14(6-10)19-5-4-17(13)15(18)11-7-12(8-16)20-9-11/h2-3,6-7,9H,4-5,8,16H2,1H3. The number of nitrogens with two attached hydrogens (primary N) is 1. The van der Waals surface area contributed by atoms with E-state index >= 15 is 0 Å². The minimum atomic E-state index is -0.0955. The number of hydrogen-bond acceptors (Lipinski definition) is 4. The van der Waals surface area contributed by atoms with Crippen LogP contribution in [0.5, 0.6) is 5.75 Å². The molecule has 0 radical (unpaired) electrons. The second-order valence-corrected chi connectivity index (χ2v) is 4.78. The van der Waals surface area contributed by atoms with E-state index in [-0.39, 0.29) is 12.5 Å². The van der Waals surface area contributed by atoms with Crippen LogP contribution in [0.25, 0.3) is 0 Å². The monoisotopic (exact) mass is 272 g/mol. The Bertz CT molecular complexity index is 648. The molecular formula is C15H16N2O3. The predicted molar refractivity (Wildman–Crippen MR) is 74.9 cm³/mol. The van der Waals surface area contributed by atoms with Gasteiger partial charge in [-0.2, -0.15) is 0 Å². The van der Waals surface area contributed by atoms with Crippen LogP contribution in [-0.2, 0) is 6.54 Å². The number of nitrogens with zero attached hydrogens (tertiary/aromatic N) is 1. The van der Waals surface area contributed by atoms with Crippen LogP contribution < -0.4 is 15.4 Å². The van der Waals surface area contributed by atoms with E-state index in [0.717, 1.165) is 17.0 Å². The lowest BCUT2D eigenvalue weighted by Crippen LogP contribution is -2.37. The topological polar surface area (TPSA) is 68.7 Å². The van der Waals surface area contributed by atoms with Gasteiger partial charge >= 0.3 is 0 Å². The molecule has 0 unspecified atom stereocenters. The van der Waals surface area contributed by atoms with Gasteiger partial charge in [-0.25, -0.2) is 0 Å². The molecule has 5 heteroatoms. The van der Waals surface area contributed by atoms with Gasteiger partial charge in [-0.3, -0.25) is 4.79 Å². The molecule has 0 aliphatic carbocycles. The molecule has 0 saturated carbocycles. The molecule has 1 aliphatic heterocycles. The number of carbonyl (C=O) groups excluding carboxylic acids is 1. The van der Waals surface area contributed by atoms with Gasteiger partial charge in [0.2, 0.25) is 0 Å². The molecule has 5 nitrogen and oxygen atoms in total. The van der Waals surface area contributed by atoms with Crippen molar-refractivity contribution >= 4 is 11.6 Å². The SMILES string of the molecule is Cc1ccc2c(c1)OCCN2C(=O)c1coc(CN)c1. The van der Waals surface area contributed by atoms with Crippen molar-refractivity contribution < 1.29 is 13.9 Å². The molecule has 0 fully saturated rings. The van der Waals surface area contributed by atoms with Gasteiger partial charge in [0.25, 0.3) is 5.91 Å². The van der Waals surface area contributed by atoms with E-state index in [1.807, 2.05) is 25.1 Å². The Morgan fingerprint density at radius 1 is 1.40 bits per heavy atom. The molecule has 3 rings (SSSR count). The Morgan fingerprint density at radius 2 is 2.25 bits per heavy atom. The predicted octanol–water partition coefficient (Wildman–Crippen LogP) is 2.09. The fourth-order valence-corrected chi connectivity index (χ4v) is 2.29. The van der Waals surface area contributed by atoms with Crippen molar-refractivity contribution in [2.24, 2.45) is 5.73 Å². The zero-order valence-corrected chi connectivity index (χ0v) is 11.3. The Kier molecular flexibility index (Phi) is 3.20. The number of aryl methyl sites for hydroxylation is 1. The fourth-order valence-electron chi connectivity index (χ4n) is 2.29. The van der Waals surface area contributed by atoms with Crippen molar-refractivity contribution in [3.63, 3.8) is 0 Å². The van der Waals surface area contributed by atoms with Crippen molar-refractivity contribution in [3.8, 4) is 5.75 Å². The Labute approximate surface area is 116 Å². The van der Waals surface area contributed by atoms with Gasteiger partial charge in [0.05, 0.1) is 24.3 Å². The number of furan rings is 1. The van der Waals surface area contributed by atoms with Crippen LogP contribution in [0, 0.1) is 6.92 Å². The van der Waals surface area contributed by atoms with Crippen LogP contribution >= 0.6 is 0 Å². The highest BCUT2D eigenvalue weighted by Gasteiger charge is 2.25. The van der Waals surface area contributed by atoms with E-state index in [1.165, 1.54) is 6.26 Å². The van der Waals surface area contributed by atoms with E-state index in [2.05, 4.69) is 0 Å². The molecule has 2 aromatic rings. The van der Waals surface area contributed by atoms with Crippen molar-refractivity contribution in [2.75, 3.05) is 18.1 Å². The van der Waals surface area contributed by atoms with Crippen LogP contribution in [0.15, 0.2) is 34.9 Å². The normalized spacial score (nSPS) is 13.8. The Hall–Kier alpha value is -2.27. The largest absolute Gasteiger partial charge is 0.490 e. The van der Waals surface area contributed by atoms with Gasteiger partial charge in [0.15, 0.2) is 0 Å². The quantitative estimate of drug-likeness (QED) is 0.908. The summed E-state index contributed by atoms with van der Waals surface area (Å²) in [6.45, 7) is 3.29. The smallest absolute Gasteiger partial charge is 0.261 e. The lowest BCUT2D eigenvalue weighted by molar-refractivity contribution is 0.0976. The number of ether oxygens (including phenoxy) is 1. The van der Waals surface area contributed by atoms with Gasteiger partial charge in [-0.15, -0.1) is 0 Å². The third kappa shape index (κ3) is 2.16. The van der Waals surface area contributed by atoms with Crippen LogP contribution in [0.3, 0.4) is 0 Å². The Morgan fingerprint density at radius 3 is 3.00 bits per heavy atom. The maximum absolute atomic E-state index is 12.5. The molecule has 0 atom stereocenters. The van der Waals surface area contributed by atoms with Crippen molar-refractivity contribution in [2.45, 2.75) is 13.5 Å². The summed E-state index contributed by atoms with van der Waals surface area (Å²) in [6, 6.07) is 7.50. The molecular weight excluding hydrogens is 256 g/mol. The number of anilines is 1.